The lowest BCUT2D eigenvalue weighted by Gasteiger charge is -2.30. The number of nitrogens with zero attached hydrogens (tertiary/aromatic N) is 2. The molecule has 2 aromatic rings. The number of carbonyl (C=O) groups excluding carboxylic acids is 1. The predicted octanol–water partition coefficient (Wildman–Crippen LogP) is 3.71. The van der Waals surface area contributed by atoms with Crippen molar-refractivity contribution < 1.29 is 9.53 Å². The number of benzene rings is 2. The molecule has 1 fully saturated rings. The number of aliphatic imine (C=N–C) groups is 1. The first kappa shape index (κ1) is 16.6. The van der Waals surface area contributed by atoms with Gasteiger partial charge in [0.2, 0.25) is 5.90 Å². The Morgan fingerprint density at radius 2 is 1.77 bits per heavy atom. The van der Waals surface area contributed by atoms with Crippen molar-refractivity contribution in [2.45, 2.75) is 19.3 Å². The lowest BCUT2D eigenvalue weighted by atomic mass is 10.1. The number of carbonyl (C=O) groups is 1. The van der Waals surface area contributed by atoms with Gasteiger partial charge in [0.05, 0.1) is 23.4 Å². The van der Waals surface area contributed by atoms with Gasteiger partial charge in [0.25, 0.3) is 5.91 Å². The van der Waals surface area contributed by atoms with Gasteiger partial charge in [-0.25, -0.2) is 4.99 Å². The molecule has 0 radical (unpaired) electrons. The van der Waals surface area contributed by atoms with Gasteiger partial charge in [-0.2, -0.15) is 0 Å². The van der Waals surface area contributed by atoms with Crippen LogP contribution in [0.1, 0.15) is 35.2 Å². The first-order valence-corrected chi connectivity index (χ1v) is 9.25. The summed E-state index contributed by atoms with van der Waals surface area (Å²) in [6.45, 7) is 3.27. The first-order valence-electron chi connectivity index (χ1n) is 9.25. The molecule has 2 aliphatic rings. The molecule has 0 saturated carbocycles. The van der Waals surface area contributed by atoms with Crippen LogP contribution in [0.25, 0.3) is 0 Å². The lowest BCUT2D eigenvalue weighted by molar-refractivity contribution is 0.102. The Bertz CT molecular complexity index is 826. The van der Waals surface area contributed by atoms with Gasteiger partial charge in [-0.05, 0) is 43.5 Å². The highest BCUT2D eigenvalue weighted by Crippen LogP contribution is 2.26. The third-order valence-electron chi connectivity index (χ3n) is 4.84. The number of nitrogens with one attached hydrogen (secondary N) is 1. The molecule has 1 N–H and O–H groups in total. The Balaban J connectivity index is 1.60. The van der Waals surface area contributed by atoms with Crippen molar-refractivity contribution in [3.63, 3.8) is 0 Å². The van der Waals surface area contributed by atoms with Crippen LogP contribution < -0.4 is 10.2 Å². The molecule has 2 aromatic carbocycles. The predicted molar refractivity (Wildman–Crippen MR) is 104 cm³/mol. The smallest absolute Gasteiger partial charge is 0.257 e. The van der Waals surface area contributed by atoms with E-state index in [0.29, 0.717) is 24.6 Å². The molecule has 26 heavy (non-hydrogen) atoms. The molecule has 4 rings (SSSR count). The van der Waals surface area contributed by atoms with Crippen molar-refractivity contribution in [3.05, 3.63) is 59.7 Å². The van der Waals surface area contributed by atoms with E-state index in [4.69, 9.17) is 4.74 Å². The largest absolute Gasteiger partial charge is 0.475 e. The zero-order valence-electron chi connectivity index (χ0n) is 14.8. The van der Waals surface area contributed by atoms with Gasteiger partial charge in [-0.1, -0.05) is 24.3 Å². The van der Waals surface area contributed by atoms with Crippen molar-refractivity contribution >= 4 is 23.2 Å². The van der Waals surface area contributed by atoms with Gasteiger partial charge in [0.1, 0.15) is 6.61 Å². The van der Waals surface area contributed by atoms with Crippen molar-refractivity contribution in [2.75, 3.05) is 36.5 Å². The quantitative estimate of drug-likeness (QED) is 0.915. The van der Waals surface area contributed by atoms with E-state index in [2.05, 4.69) is 15.2 Å². The summed E-state index contributed by atoms with van der Waals surface area (Å²) in [7, 11) is 0. The molecule has 134 valence electrons. The molecular weight excluding hydrogens is 326 g/mol. The average Bonchev–Trinajstić information content (AvgIpc) is 3.24. The SMILES string of the molecule is O=C(Nc1ccccc1C1=NCCO1)c1ccccc1N1CCCCC1. The maximum absolute atomic E-state index is 13.0. The molecule has 0 aromatic heterocycles. The third-order valence-corrected chi connectivity index (χ3v) is 4.84. The summed E-state index contributed by atoms with van der Waals surface area (Å²) in [5.74, 6) is 0.502. The fourth-order valence-electron chi connectivity index (χ4n) is 3.54. The van der Waals surface area contributed by atoms with Crippen molar-refractivity contribution in [1.82, 2.24) is 0 Å². The van der Waals surface area contributed by atoms with E-state index in [0.717, 1.165) is 30.0 Å². The fourth-order valence-corrected chi connectivity index (χ4v) is 3.54. The van der Waals surface area contributed by atoms with Crippen LogP contribution in [0.5, 0.6) is 0 Å². The summed E-state index contributed by atoms with van der Waals surface area (Å²) in [5, 5.41) is 3.06. The van der Waals surface area contributed by atoms with E-state index >= 15 is 0 Å². The zero-order chi connectivity index (χ0) is 17.8. The second-order valence-corrected chi connectivity index (χ2v) is 6.60. The average molecular weight is 349 g/mol. The van der Waals surface area contributed by atoms with Gasteiger partial charge >= 0.3 is 0 Å². The Kier molecular flexibility index (Phi) is 4.86. The number of piperidine rings is 1. The molecule has 0 unspecified atom stereocenters. The van der Waals surface area contributed by atoms with Crippen LogP contribution in [0.2, 0.25) is 0 Å². The number of amides is 1. The molecule has 0 bridgehead atoms. The highest BCUT2D eigenvalue weighted by atomic mass is 16.5. The number of para-hydroxylation sites is 2. The molecule has 5 heteroatoms. The normalized spacial score (nSPS) is 16.8. The van der Waals surface area contributed by atoms with Crippen molar-refractivity contribution in [2.24, 2.45) is 4.99 Å². The van der Waals surface area contributed by atoms with Crippen molar-refractivity contribution in [1.29, 1.82) is 0 Å². The summed E-state index contributed by atoms with van der Waals surface area (Å²) in [6, 6.07) is 15.5. The monoisotopic (exact) mass is 349 g/mol. The van der Waals surface area contributed by atoms with Crippen LogP contribution in [-0.4, -0.2) is 38.0 Å². The number of hydrogen-bond donors (Lipinski definition) is 1. The van der Waals surface area contributed by atoms with Gasteiger partial charge in [0, 0.05) is 18.8 Å². The number of ether oxygens (including phenoxy) is 1. The van der Waals surface area contributed by atoms with Crippen molar-refractivity contribution in [3.8, 4) is 0 Å². The number of anilines is 2. The van der Waals surface area contributed by atoms with E-state index < -0.39 is 0 Å². The topological polar surface area (TPSA) is 53.9 Å². The summed E-state index contributed by atoms with van der Waals surface area (Å²) < 4.78 is 5.58. The standard InChI is InChI=1S/C21H23N3O2/c25-20(17-9-3-5-11-19(17)24-13-6-1-7-14-24)23-18-10-4-2-8-16(18)21-22-12-15-26-21/h2-5,8-11H,1,6-7,12-15H2,(H,23,25). The second kappa shape index (κ2) is 7.60. The maximum atomic E-state index is 13.0. The minimum atomic E-state index is -0.0998. The summed E-state index contributed by atoms with van der Waals surface area (Å²) in [4.78, 5) is 19.7. The van der Waals surface area contributed by atoms with Crippen LogP contribution in [0.4, 0.5) is 11.4 Å². The van der Waals surface area contributed by atoms with E-state index in [1.54, 1.807) is 0 Å². The Morgan fingerprint density at radius 1 is 1.00 bits per heavy atom. The van der Waals surface area contributed by atoms with Crippen LogP contribution in [0.3, 0.4) is 0 Å². The maximum Gasteiger partial charge on any atom is 0.257 e. The number of hydrogen-bond acceptors (Lipinski definition) is 4. The van der Waals surface area contributed by atoms with Crippen LogP contribution in [-0.2, 0) is 4.74 Å². The molecule has 1 amide bonds. The first-order chi connectivity index (χ1) is 12.8. The van der Waals surface area contributed by atoms with E-state index in [-0.39, 0.29) is 5.91 Å². The Labute approximate surface area is 153 Å². The Morgan fingerprint density at radius 3 is 2.58 bits per heavy atom. The van der Waals surface area contributed by atoms with Crippen LogP contribution in [0, 0.1) is 0 Å². The minimum Gasteiger partial charge on any atom is -0.475 e. The minimum absolute atomic E-state index is 0.0998. The van der Waals surface area contributed by atoms with E-state index in [9.17, 15) is 4.79 Å². The molecule has 1 saturated heterocycles. The van der Waals surface area contributed by atoms with Gasteiger partial charge < -0.3 is 15.0 Å². The molecule has 0 spiro atoms. The second-order valence-electron chi connectivity index (χ2n) is 6.60. The molecule has 0 aliphatic carbocycles. The number of rotatable bonds is 4. The molecule has 0 atom stereocenters. The van der Waals surface area contributed by atoms with Crippen LogP contribution >= 0.6 is 0 Å². The summed E-state index contributed by atoms with van der Waals surface area (Å²) >= 11 is 0. The highest BCUT2D eigenvalue weighted by Gasteiger charge is 2.20. The van der Waals surface area contributed by atoms with Gasteiger partial charge in [-0.3, -0.25) is 4.79 Å². The molecule has 2 aliphatic heterocycles. The fraction of sp³-hybridized carbons (Fsp3) is 0.333. The summed E-state index contributed by atoms with van der Waals surface area (Å²) in [6.07, 6.45) is 3.62. The Hall–Kier alpha value is -2.82. The van der Waals surface area contributed by atoms with Crippen LogP contribution in [0.15, 0.2) is 53.5 Å². The van der Waals surface area contributed by atoms with E-state index in [1.807, 2.05) is 48.5 Å². The zero-order valence-corrected chi connectivity index (χ0v) is 14.8. The molecular formula is C21H23N3O2. The lowest BCUT2D eigenvalue weighted by Crippen LogP contribution is -2.31. The molecule has 2 heterocycles. The molecule has 5 nitrogen and oxygen atoms in total. The summed E-state index contributed by atoms with van der Waals surface area (Å²) in [5.41, 5.74) is 3.27. The van der Waals surface area contributed by atoms with E-state index in [1.165, 1.54) is 19.3 Å². The third kappa shape index (κ3) is 3.43. The van der Waals surface area contributed by atoms with Gasteiger partial charge in [0.15, 0.2) is 0 Å². The highest BCUT2D eigenvalue weighted by molar-refractivity contribution is 6.11. The van der Waals surface area contributed by atoms with Gasteiger partial charge in [-0.15, -0.1) is 0 Å².